The molecule has 0 saturated heterocycles. The van der Waals surface area contributed by atoms with Crippen LogP contribution in [0.4, 0.5) is 32.0 Å². The third-order valence-corrected chi connectivity index (χ3v) is 5.98. The van der Waals surface area contributed by atoms with Crippen LogP contribution in [0, 0.1) is 5.92 Å². The van der Waals surface area contributed by atoms with Crippen LogP contribution < -0.4 is 19.5 Å². The highest BCUT2D eigenvalue weighted by molar-refractivity contribution is 6.04. The lowest BCUT2D eigenvalue weighted by molar-refractivity contribution is -0.143. The fourth-order valence-electron chi connectivity index (χ4n) is 3.97. The SMILES string of the molecule is CC(C)COc1nc(-c2ccc3c(c2)OCO3)n(-c2ccc(NC(=O)c3cc(C(F)(F)F)cc(C(F)(F)F)c3)cc2)n1. The van der Waals surface area contributed by atoms with Crippen molar-refractivity contribution in [3.05, 3.63) is 77.4 Å². The van der Waals surface area contributed by atoms with Gasteiger partial charge in [0.15, 0.2) is 17.3 Å². The van der Waals surface area contributed by atoms with Gasteiger partial charge in [0, 0.05) is 16.8 Å². The molecule has 1 amide bonds. The highest BCUT2D eigenvalue weighted by Crippen LogP contribution is 2.38. The molecule has 2 heterocycles. The van der Waals surface area contributed by atoms with Crippen LogP contribution in [0.5, 0.6) is 17.5 Å². The number of carbonyl (C=O) groups excluding carboxylic acids is 1. The molecular weight excluding hydrogens is 570 g/mol. The molecule has 220 valence electrons. The van der Waals surface area contributed by atoms with E-state index in [2.05, 4.69) is 15.4 Å². The summed E-state index contributed by atoms with van der Waals surface area (Å²) >= 11 is 0. The number of nitrogens with zero attached hydrogens (tertiary/aromatic N) is 3. The maximum absolute atomic E-state index is 13.2. The van der Waals surface area contributed by atoms with Gasteiger partial charge in [-0.15, -0.1) is 5.10 Å². The first-order valence-electron chi connectivity index (χ1n) is 12.5. The van der Waals surface area contributed by atoms with Gasteiger partial charge in [-0.05, 0) is 66.6 Å². The molecule has 3 aromatic carbocycles. The molecule has 0 saturated carbocycles. The summed E-state index contributed by atoms with van der Waals surface area (Å²) in [4.78, 5) is 17.2. The maximum Gasteiger partial charge on any atom is 0.416 e. The second kappa shape index (κ2) is 10.9. The van der Waals surface area contributed by atoms with Gasteiger partial charge in [0.1, 0.15) is 0 Å². The molecule has 0 unspecified atom stereocenters. The van der Waals surface area contributed by atoms with E-state index in [1.165, 1.54) is 16.8 Å². The predicted octanol–water partition coefficient (Wildman–Crippen LogP) is 6.99. The van der Waals surface area contributed by atoms with Crippen LogP contribution >= 0.6 is 0 Å². The normalized spacial score (nSPS) is 13.0. The van der Waals surface area contributed by atoms with Crippen LogP contribution in [0.25, 0.3) is 17.1 Å². The van der Waals surface area contributed by atoms with Gasteiger partial charge in [0.25, 0.3) is 5.91 Å². The molecule has 0 aliphatic carbocycles. The summed E-state index contributed by atoms with van der Waals surface area (Å²) in [6.07, 6.45) is -10.2. The van der Waals surface area contributed by atoms with Crippen LogP contribution in [0.1, 0.15) is 35.3 Å². The van der Waals surface area contributed by atoms with Crippen molar-refractivity contribution >= 4 is 11.6 Å². The largest absolute Gasteiger partial charge is 0.462 e. The van der Waals surface area contributed by atoms with Crippen molar-refractivity contribution in [2.45, 2.75) is 26.2 Å². The van der Waals surface area contributed by atoms with E-state index in [0.29, 0.717) is 47.3 Å². The first kappa shape index (κ1) is 28.8. The van der Waals surface area contributed by atoms with Gasteiger partial charge >= 0.3 is 18.4 Å². The summed E-state index contributed by atoms with van der Waals surface area (Å²) in [5.41, 5.74) is -2.74. The molecule has 1 aliphatic heterocycles. The summed E-state index contributed by atoms with van der Waals surface area (Å²) in [7, 11) is 0. The van der Waals surface area contributed by atoms with Crippen molar-refractivity contribution < 1.29 is 45.3 Å². The zero-order valence-electron chi connectivity index (χ0n) is 22.0. The Morgan fingerprint density at radius 1 is 0.929 bits per heavy atom. The minimum Gasteiger partial charge on any atom is -0.462 e. The van der Waals surface area contributed by atoms with E-state index in [0.717, 1.165) is 0 Å². The lowest BCUT2D eigenvalue weighted by Gasteiger charge is -2.14. The third kappa shape index (κ3) is 6.26. The summed E-state index contributed by atoms with van der Waals surface area (Å²) < 4.78 is 97.3. The lowest BCUT2D eigenvalue weighted by Crippen LogP contribution is -2.17. The molecule has 1 aromatic heterocycles. The van der Waals surface area contributed by atoms with Crippen LogP contribution in [0.3, 0.4) is 0 Å². The Morgan fingerprint density at radius 3 is 2.19 bits per heavy atom. The zero-order valence-corrected chi connectivity index (χ0v) is 22.0. The van der Waals surface area contributed by atoms with Crippen LogP contribution in [-0.2, 0) is 12.4 Å². The highest BCUT2D eigenvalue weighted by atomic mass is 19.4. The van der Waals surface area contributed by atoms with E-state index in [-0.39, 0.29) is 30.5 Å². The number of benzene rings is 3. The molecular formula is C28H22F6N4O4. The van der Waals surface area contributed by atoms with Crippen molar-refractivity contribution in [3.8, 4) is 34.6 Å². The predicted molar refractivity (Wildman–Crippen MR) is 138 cm³/mol. The number of aromatic nitrogens is 3. The number of nitrogens with one attached hydrogen (secondary N) is 1. The molecule has 42 heavy (non-hydrogen) atoms. The van der Waals surface area contributed by atoms with Gasteiger partial charge in [-0.2, -0.15) is 31.3 Å². The third-order valence-electron chi connectivity index (χ3n) is 5.98. The molecule has 14 heteroatoms. The van der Waals surface area contributed by atoms with Gasteiger partial charge in [-0.25, -0.2) is 4.68 Å². The number of halogens is 6. The number of anilines is 1. The van der Waals surface area contributed by atoms with E-state index in [1.54, 1.807) is 30.3 Å². The first-order chi connectivity index (χ1) is 19.8. The number of amides is 1. The average Bonchev–Trinajstić information content (AvgIpc) is 3.58. The Hall–Kier alpha value is -4.75. The van der Waals surface area contributed by atoms with E-state index >= 15 is 0 Å². The van der Waals surface area contributed by atoms with E-state index in [9.17, 15) is 31.1 Å². The van der Waals surface area contributed by atoms with Crippen LogP contribution in [0.2, 0.25) is 0 Å². The topological polar surface area (TPSA) is 87.5 Å². The molecule has 8 nitrogen and oxygen atoms in total. The summed E-state index contributed by atoms with van der Waals surface area (Å²) in [5, 5.41) is 6.77. The van der Waals surface area contributed by atoms with Crippen molar-refractivity contribution in [1.29, 1.82) is 0 Å². The summed E-state index contributed by atoms with van der Waals surface area (Å²) in [5.74, 6) is 0.549. The molecule has 0 spiro atoms. The molecule has 0 fully saturated rings. The molecule has 1 N–H and O–H groups in total. The van der Waals surface area contributed by atoms with Gasteiger partial charge in [0.2, 0.25) is 6.79 Å². The van der Waals surface area contributed by atoms with Crippen LogP contribution in [-0.4, -0.2) is 34.1 Å². The van der Waals surface area contributed by atoms with Crippen molar-refractivity contribution in [3.63, 3.8) is 0 Å². The summed E-state index contributed by atoms with van der Waals surface area (Å²) in [6.45, 7) is 4.37. The number of fused-ring (bicyclic) bond motifs is 1. The van der Waals surface area contributed by atoms with Crippen molar-refractivity contribution in [2.75, 3.05) is 18.7 Å². The monoisotopic (exact) mass is 592 g/mol. The number of rotatable bonds is 7. The Labute approximate surface area is 234 Å². The van der Waals surface area contributed by atoms with Gasteiger partial charge in [-0.1, -0.05) is 13.8 Å². The second-order valence-corrected chi connectivity index (χ2v) is 9.70. The zero-order chi connectivity index (χ0) is 30.2. The Bertz CT molecular complexity index is 1580. The molecule has 1 aliphatic rings. The number of carbonyl (C=O) groups is 1. The first-order valence-corrected chi connectivity index (χ1v) is 12.5. The van der Waals surface area contributed by atoms with Gasteiger partial charge < -0.3 is 19.5 Å². The fourth-order valence-corrected chi connectivity index (χ4v) is 3.97. The number of ether oxygens (including phenoxy) is 3. The minimum atomic E-state index is -5.08. The van der Waals surface area contributed by atoms with E-state index in [1.807, 2.05) is 13.8 Å². The minimum absolute atomic E-state index is 0.0411. The summed E-state index contributed by atoms with van der Waals surface area (Å²) in [6, 6.07) is 11.9. The van der Waals surface area contributed by atoms with Gasteiger partial charge in [-0.3, -0.25) is 4.79 Å². The second-order valence-electron chi connectivity index (χ2n) is 9.70. The Kier molecular flexibility index (Phi) is 7.47. The quantitative estimate of drug-likeness (QED) is 0.233. The number of alkyl halides is 6. The molecule has 0 radical (unpaired) electrons. The van der Waals surface area contributed by atoms with E-state index < -0.39 is 35.0 Å². The highest BCUT2D eigenvalue weighted by Gasteiger charge is 2.37. The fraction of sp³-hybridized carbons (Fsp3) is 0.250. The molecule has 0 bridgehead atoms. The van der Waals surface area contributed by atoms with Crippen LogP contribution in [0.15, 0.2) is 60.7 Å². The molecule has 5 rings (SSSR count). The average molecular weight is 592 g/mol. The standard InChI is InChI=1S/C28H22F6N4O4/c1-15(2)13-40-26-36-24(16-3-8-22-23(11-16)42-14-41-22)38(37-26)21-6-4-20(5-7-21)35-25(39)17-9-18(27(29,30)31)12-19(10-17)28(32,33)34/h3-12,15H,13-14H2,1-2H3,(H,35,39). The number of hydrogen-bond donors (Lipinski definition) is 1. The lowest BCUT2D eigenvalue weighted by atomic mass is 10.0. The Balaban J connectivity index is 1.43. The molecule has 0 atom stereocenters. The maximum atomic E-state index is 13.2. The van der Waals surface area contributed by atoms with Crippen molar-refractivity contribution in [1.82, 2.24) is 14.8 Å². The van der Waals surface area contributed by atoms with E-state index in [4.69, 9.17) is 14.2 Å². The Morgan fingerprint density at radius 2 is 1.57 bits per heavy atom. The van der Waals surface area contributed by atoms with Crippen molar-refractivity contribution in [2.24, 2.45) is 5.92 Å². The molecule has 4 aromatic rings. The smallest absolute Gasteiger partial charge is 0.416 e. The van der Waals surface area contributed by atoms with Gasteiger partial charge in [0.05, 0.1) is 23.4 Å². The number of hydrogen-bond acceptors (Lipinski definition) is 6.